The number of rotatable bonds is 11. The summed E-state index contributed by atoms with van der Waals surface area (Å²) in [5.74, 6) is -3.23. The summed E-state index contributed by atoms with van der Waals surface area (Å²) in [7, 11) is 0. The molecule has 1 unspecified atom stereocenters. The highest BCUT2D eigenvalue weighted by Crippen LogP contribution is 2.41. The molecule has 2 heterocycles. The number of hydrogen-bond donors (Lipinski definition) is 1. The molecule has 0 saturated carbocycles. The highest BCUT2D eigenvalue weighted by atomic mass is 19.4. The van der Waals surface area contributed by atoms with E-state index in [0.29, 0.717) is 19.0 Å². The average Bonchev–Trinajstić information content (AvgIpc) is 3.40. The van der Waals surface area contributed by atoms with Gasteiger partial charge in [-0.2, -0.15) is 18.2 Å². The minimum atomic E-state index is -4.76. The molecule has 0 aliphatic carbocycles. The molecule has 1 aliphatic rings. The molecule has 1 atom stereocenters. The van der Waals surface area contributed by atoms with Crippen LogP contribution in [0.15, 0.2) is 48.7 Å². The molecule has 1 aromatic heterocycles. The summed E-state index contributed by atoms with van der Waals surface area (Å²) in [6, 6.07) is 10.4. The zero-order valence-corrected chi connectivity index (χ0v) is 21.6. The van der Waals surface area contributed by atoms with Crippen molar-refractivity contribution < 1.29 is 31.5 Å². The number of nitrogens with zero attached hydrogens (tertiary/aromatic N) is 4. The molecule has 4 rings (SSSR count). The maximum Gasteiger partial charge on any atom is 0.421 e. The second kappa shape index (κ2) is 12.6. The van der Waals surface area contributed by atoms with Gasteiger partial charge in [-0.15, -0.1) is 0 Å². The van der Waals surface area contributed by atoms with Crippen LogP contribution in [-0.2, 0) is 11.0 Å². The lowest BCUT2D eigenvalue weighted by molar-refractivity contribution is -0.138. The first kappa shape index (κ1) is 28.5. The lowest BCUT2D eigenvalue weighted by atomic mass is 10.0. The van der Waals surface area contributed by atoms with Crippen molar-refractivity contribution >= 4 is 17.5 Å². The first-order valence-electron chi connectivity index (χ1n) is 12.7. The minimum Gasteiger partial charge on any atom is -0.488 e. The van der Waals surface area contributed by atoms with Gasteiger partial charge in [0.05, 0.1) is 19.3 Å². The predicted molar refractivity (Wildman–Crippen MR) is 137 cm³/mol. The molecule has 0 spiro atoms. The molecule has 3 aromatic rings. The van der Waals surface area contributed by atoms with Crippen molar-refractivity contribution in [1.29, 1.82) is 0 Å². The van der Waals surface area contributed by atoms with Crippen molar-refractivity contribution in [2.45, 2.75) is 38.9 Å². The van der Waals surface area contributed by atoms with Crippen LogP contribution in [0.2, 0.25) is 0 Å². The van der Waals surface area contributed by atoms with Gasteiger partial charge in [0.2, 0.25) is 5.95 Å². The van der Waals surface area contributed by atoms with E-state index in [1.807, 2.05) is 13.8 Å². The van der Waals surface area contributed by atoms with Crippen molar-refractivity contribution in [2.24, 2.45) is 0 Å². The van der Waals surface area contributed by atoms with Gasteiger partial charge in [0, 0.05) is 37.0 Å². The molecule has 1 N–H and O–H groups in total. The molecule has 7 nitrogen and oxygen atoms in total. The summed E-state index contributed by atoms with van der Waals surface area (Å²) in [5.41, 5.74) is -0.428. The summed E-state index contributed by atoms with van der Waals surface area (Å²) >= 11 is 0. The van der Waals surface area contributed by atoms with E-state index in [2.05, 4.69) is 20.2 Å². The van der Waals surface area contributed by atoms with E-state index in [4.69, 9.17) is 9.57 Å². The smallest absolute Gasteiger partial charge is 0.421 e. The van der Waals surface area contributed by atoms with Crippen LogP contribution in [-0.4, -0.2) is 47.7 Å². The Morgan fingerprint density at radius 3 is 2.44 bits per heavy atom. The van der Waals surface area contributed by atoms with Crippen molar-refractivity contribution in [3.63, 3.8) is 0 Å². The van der Waals surface area contributed by atoms with E-state index in [9.17, 15) is 22.0 Å². The highest BCUT2D eigenvalue weighted by molar-refractivity contribution is 5.59. The molecule has 0 bridgehead atoms. The number of hydrogen-bond acceptors (Lipinski definition) is 7. The quantitative estimate of drug-likeness (QED) is 0.215. The largest absolute Gasteiger partial charge is 0.488 e. The number of aromatic nitrogens is 2. The van der Waals surface area contributed by atoms with Gasteiger partial charge in [0.15, 0.2) is 23.2 Å². The maximum atomic E-state index is 14.7. The fourth-order valence-corrected chi connectivity index (χ4v) is 4.36. The van der Waals surface area contributed by atoms with Gasteiger partial charge in [-0.05, 0) is 25.1 Å². The van der Waals surface area contributed by atoms with Crippen LogP contribution in [0.4, 0.5) is 39.4 Å². The Kier molecular flexibility index (Phi) is 9.18. The van der Waals surface area contributed by atoms with Gasteiger partial charge in [-0.1, -0.05) is 44.2 Å². The average molecular weight is 552 g/mol. The Hall–Kier alpha value is -3.51. The Morgan fingerprint density at radius 2 is 1.79 bits per heavy atom. The number of halogens is 5. The van der Waals surface area contributed by atoms with Gasteiger partial charge in [0.25, 0.3) is 0 Å². The van der Waals surface area contributed by atoms with Crippen molar-refractivity contribution in [1.82, 2.24) is 14.9 Å². The first-order valence-corrected chi connectivity index (χ1v) is 12.7. The lowest BCUT2D eigenvalue weighted by Crippen LogP contribution is -2.26. The highest BCUT2D eigenvalue weighted by Gasteiger charge is 2.40. The van der Waals surface area contributed by atoms with Crippen LogP contribution in [0.5, 0.6) is 5.75 Å². The van der Waals surface area contributed by atoms with E-state index in [1.165, 1.54) is 0 Å². The molecule has 12 heteroatoms. The Morgan fingerprint density at radius 1 is 1.10 bits per heavy atom. The van der Waals surface area contributed by atoms with Crippen LogP contribution in [0.25, 0.3) is 0 Å². The minimum absolute atomic E-state index is 0.0897. The molecule has 1 aliphatic heterocycles. The maximum absolute atomic E-state index is 14.7. The lowest BCUT2D eigenvalue weighted by Gasteiger charge is -2.26. The Labute approximate surface area is 223 Å². The van der Waals surface area contributed by atoms with Gasteiger partial charge < -0.3 is 15.0 Å². The fraction of sp³-hybridized carbons (Fsp3) is 0.407. The standard InChI is InChI=1S/C27H30F5N5O2/c1-3-36(4-2)12-8-13-38-24-21(28)15-19(16-22(24)29)34-26-33-17-20(27(30,31)32)25(35-26)37-23(11-14-39-37)18-9-6-5-7-10-18/h5-7,9-10,15-17,23H,3-4,8,11-14H2,1-2H3,(H,33,34,35). The van der Waals surface area contributed by atoms with Crippen molar-refractivity contribution in [3.8, 4) is 5.75 Å². The number of ether oxygens (including phenoxy) is 1. The Bertz CT molecular complexity index is 1220. The zero-order valence-electron chi connectivity index (χ0n) is 21.6. The summed E-state index contributed by atoms with van der Waals surface area (Å²) in [4.78, 5) is 15.5. The molecule has 39 heavy (non-hydrogen) atoms. The zero-order chi connectivity index (χ0) is 28.0. The summed E-state index contributed by atoms with van der Waals surface area (Å²) in [6.07, 6.45) is -3.11. The van der Waals surface area contributed by atoms with Crippen molar-refractivity contribution in [2.75, 3.05) is 43.2 Å². The number of nitrogens with one attached hydrogen (secondary N) is 1. The van der Waals surface area contributed by atoms with Gasteiger partial charge in [-0.25, -0.2) is 18.8 Å². The first-order chi connectivity index (χ1) is 18.7. The number of anilines is 3. The topological polar surface area (TPSA) is 62.8 Å². The molecular formula is C27H30F5N5O2. The van der Waals surface area contributed by atoms with Gasteiger partial charge in [-0.3, -0.25) is 4.84 Å². The van der Waals surface area contributed by atoms with Crippen LogP contribution in [0.1, 0.15) is 43.9 Å². The summed E-state index contributed by atoms with van der Waals surface area (Å²) in [5, 5.41) is 3.71. The normalized spacial score (nSPS) is 15.7. The second-order valence-corrected chi connectivity index (χ2v) is 8.93. The van der Waals surface area contributed by atoms with E-state index in [0.717, 1.165) is 42.4 Å². The molecular weight excluding hydrogens is 521 g/mol. The molecule has 210 valence electrons. The molecule has 2 aromatic carbocycles. The van der Waals surface area contributed by atoms with E-state index < -0.39 is 41.0 Å². The van der Waals surface area contributed by atoms with E-state index in [1.54, 1.807) is 30.3 Å². The van der Waals surface area contributed by atoms with Crippen molar-refractivity contribution in [3.05, 3.63) is 71.4 Å². The molecule has 1 saturated heterocycles. The number of hydroxylamine groups is 1. The summed E-state index contributed by atoms with van der Waals surface area (Å²) in [6.45, 7) is 6.83. The monoisotopic (exact) mass is 551 g/mol. The van der Waals surface area contributed by atoms with Crippen LogP contribution >= 0.6 is 0 Å². The van der Waals surface area contributed by atoms with Crippen LogP contribution < -0.4 is 15.1 Å². The third kappa shape index (κ3) is 6.93. The van der Waals surface area contributed by atoms with Crippen LogP contribution in [0, 0.1) is 11.6 Å². The number of benzene rings is 2. The fourth-order valence-electron chi connectivity index (χ4n) is 4.36. The second-order valence-electron chi connectivity index (χ2n) is 8.93. The third-order valence-electron chi connectivity index (χ3n) is 6.39. The molecule has 0 radical (unpaired) electrons. The number of alkyl halides is 3. The SMILES string of the molecule is CCN(CC)CCCOc1c(F)cc(Nc2ncc(C(F)(F)F)c(N3OCCC3c3ccccc3)n2)cc1F. The third-order valence-corrected chi connectivity index (χ3v) is 6.39. The van der Waals surface area contributed by atoms with E-state index >= 15 is 0 Å². The van der Waals surface area contributed by atoms with E-state index in [-0.39, 0.29) is 24.8 Å². The van der Waals surface area contributed by atoms with Crippen LogP contribution in [0.3, 0.4) is 0 Å². The predicted octanol–water partition coefficient (Wildman–Crippen LogP) is 6.51. The van der Waals surface area contributed by atoms with Gasteiger partial charge >= 0.3 is 6.18 Å². The summed E-state index contributed by atoms with van der Waals surface area (Å²) < 4.78 is 76.2. The van der Waals surface area contributed by atoms with Gasteiger partial charge in [0.1, 0.15) is 5.56 Å². The molecule has 0 amide bonds. The Balaban J connectivity index is 1.54. The molecule has 1 fully saturated rings.